The number of rotatable bonds is 13. The number of carboxylic acid groups (broad SMARTS) is 1. The fourth-order valence-electron chi connectivity index (χ4n) is 9.40. The molecule has 0 aliphatic carbocycles. The van der Waals surface area contributed by atoms with Crippen LogP contribution < -0.4 is 0 Å². The third kappa shape index (κ3) is 26.0. The third-order valence-corrected chi connectivity index (χ3v) is 17.3. The van der Waals surface area contributed by atoms with Crippen molar-refractivity contribution in [1.29, 1.82) is 0 Å². The fourth-order valence-corrected chi connectivity index (χ4v) is 11.5. The van der Waals surface area contributed by atoms with E-state index in [-0.39, 0.29) is 51.2 Å². The predicted molar refractivity (Wildman–Crippen MR) is 407 cm³/mol. The minimum atomic E-state index is -1.17. The summed E-state index contributed by atoms with van der Waals surface area (Å²) in [6.07, 6.45) is 14.7. The maximum atomic E-state index is 12.0. The van der Waals surface area contributed by atoms with Crippen LogP contribution in [0.4, 0.5) is 0 Å². The zero-order valence-corrected chi connectivity index (χ0v) is 70.8. The molecule has 3 amide bonds. The number of halogens is 4. The van der Waals surface area contributed by atoms with Crippen LogP contribution in [-0.4, -0.2) is 216 Å². The maximum Gasteiger partial charge on any atom is 0.340 e. The lowest BCUT2D eigenvalue weighted by atomic mass is 9.99. The Balaban J connectivity index is 0.000000319. The zero-order chi connectivity index (χ0) is 82.0. The molecule has 0 radical (unpaired) electrons. The van der Waals surface area contributed by atoms with E-state index >= 15 is 0 Å². The summed E-state index contributed by atoms with van der Waals surface area (Å²) in [5, 5.41) is 64.1. The summed E-state index contributed by atoms with van der Waals surface area (Å²) in [5.74, 6) is -1.81. The van der Waals surface area contributed by atoms with Crippen molar-refractivity contribution in [3.05, 3.63) is 156 Å². The minimum Gasteiger partial charge on any atom is -0.478 e. The highest BCUT2D eigenvalue weighted by atomic mass is 79.9. The number of ether oxygens (including phenoxy) is 2. The monoisotopic (exact) mass is 1750 g/mol. The van der Waals surface area contributed by atoms with Gasteiger partial charge in [-0.3, -0.25) is 85.5 Å². The summed E-state index contributed by atoms with van der Waals surface area (Å²) in [6.45, 7) is 25.5. The Morgan fingerprint density at radius 2 is 0.888 bits per heavy atom. The van der Waals surface area contributed by atoms with E-state index in [9.17, 15) is 48.6 Å². The van der Waals surface area contributed by atoms with Gasteiger partial charge in [-0.25, -0.2) is 20.0 Å². The number of aliphatic hydroxyl groups is 2. The van der Waals surface area contributed by atoms with Gasteiger partial charge in [-0.15, -0.1) is 0 Å². The van der Waals surface area contributed by atoms with Gasteiger partial charge in [0, 0.05) is 134 Å². The molecular formula is C68H95Br4N19O16. The first-order valence-electron chi connectivity index (χ1n) is 32.1. The quantitative estimate of drug-likeness (QED) is 0.0422. The summed E-state index contributed by atoms with van der Waals surface area (Å²) in [7, 11) is 22.8. The van der Waals surface area contributed by atoms with Gasteiger partial charge in [0.2, 0.25) is 0 Å². The highest BCUT2D eigenvalue weighted by Crippen LogP contribution is 2.33. The first-order chi connectivity index (χ1) is 49.3. The first kappa shape index (κ1) is 92.6. The Morgan fingerprint density at radius 3 is 1.27 bits per heavy atom. The van der Waals surface area contributed by atoms with E-state index in [1.165, 1.54) is 61.6 Å². The average molecular weight is 1750 g/mol. The van der Waals surface area contributed by atoms with Gasteiger partial charge in [0.25, 0.3) is 17.7 Å². The van der Waals surface area contributed by atoms with Gasteiger partial charge in [0.1, 0.15) is 75.1 Å². The van der Waals surface area contributed by atoms with Gasteiger partial charge in [0.15, 0.2) is 23.1 Å². The van der Waals surface area contributed by atoms with Crippen LogP contribution in [-0.2, 0) is 103 Å². The lowest BCUT2D eigenvalue weighted by Crippen LogP contribution is -2.28. The number of hydrogen-bond acceptors (Lipinski definition) is 23. The molecule has 1 atom stereocenters. The molecule has 0 saturated heterocycles. The van der Waals surface area contributed by atoms with E-state index in [2.05, 4.69) is 118 Å². The highest BCUT2D eigenvalue weighted by molar-refractivity contribution is 9.11. The molecule has 2 aliphatic heterocycles. The number of carboxylic acids is 1. The standard InChI is InChI=1S/C10H13BrN2O2.C10H17N3O3.C10H15N3O2.2C10H14N2O2.C7H10BrN3O2.C6H7BrN2O.C5H5BrN2O2/c1-10(2)9-6(4-13(3)12-9)8(14)7(11)5-15-10;1-10(2,15)8-7(6-12(3)11-8)9(14)13(4)16-5;1-7(2)9-8(6-12(3)11-9)10(14)13(4)15-5;1-10(2)9-7(6-12(3)11-9)8(13)4-5-14-10;1-5-8(13)7-6-12(4)11-9(7)10(2,3)14;1-10-4-5(6(8)9-10)7(12)11(2)13-3;1-4(10)5-3-9(2)8-6(5)7;1-8-2-3(5(9)10)4(6)7-8/h4,7H,5H2,1-3H3;6,15H,1-5H3;6H,1H2,2-5H3;6H,4-5H2,1-3H3;5-6,14H,1H2,2-4H3;4H,1-3H3;3H,1-2H3;2H,1H3,(H,9,10). The van der Waals surface area contributed by atoms with Crippen molar-refractivity contribution in [2.24, 2.45) is 56.4 Å². The number of aromatic carboxylic acids is 1. The van der Waals surface area contributed by atoms with Crippen LogP contribution in [0.15, 0.2) is 82.6 Å². The van der Waals surface area contributed by atoms with Crippen LogP contribution in [0.3, 0.4) is 0 Å². The summed E-state index contributed by atoms with van der Waals surface area (Å²) in [5.41, 5.74) is 4.17. The molecule has 0 bridgehead atoms. The second kappa shape index (κ2) is 39.5. The van der Waals surface area contributed by atoms with E-state index in [0.29, 0.717) is 89.5 Å². The Kier molecular flexibility index (Phi) is 34.1. The molecular weight excluding hydrogens is 1660 g/mol. The smallest absolute Gasteiger partial charge is 0.340 e. The number of nitrogens with zero attached hydrogens (tertiary/aromatic N) is 19. The number of carbonyl (C=O) groups is 8. The molecule has 0 spiro atoms. The molecule has 0 fully saturated rings. The van der Waals surface area contributed by atoms with Crippen LogP contribution in [0, 0.1) is 0 Å². The molecule has 1 unspecified atom stereocenters. The van der Waals surface area contributed by atoms with E-state index in [4.69, 9.17) is 29.1 Å². The van der Waals surface area contributed by atoms with Crippen molar-refractivity contribution in [2.45, 2.75) is 103 Å². The molecule has 8 aromatic heterocycles. The zero-order valence-electron chi connectivity index (χ0n) is 64.5. The fraction of sp³-hybridized carbons (Fsp3) is 0.471. The minimum absolute atomic E-state index is 0.0278. The first-order valence-corrected chi connectivity index (χ1v) is 35.3. The molecule has 10 rings (SSSR count). The average Bonchev–Trinajstić information content (AvgIpc) is 1.64. The molecule has 0 aromatic carbocycles. The van der Waals surface area contributed by atoms with Crippen molar-refractivity contribution in [1.82, 2.24) is 93.4 Å². The number of aromatic nitrogens is 16. The number of hydroxylamine groups is 6. The number of ketones is 4. The number of amides is 3. The largest absolute Gasteiger partial charge is 0.478 e. The Labute approximate surface area is 653 Å². The third-order valence-electron chi connectivity index (χ3n) is 14.9. The van der Waals surface area contributed by atoms with Crippen molar-refractivity contribution < 1.29 is 77.7 Å². The summed E-state index contributed by atoms with van der Waals surface area (Å²) in [4.78, 5) is 106. The molecule has 8 aromatic rings. The predicted octanol–water partition coefficient (Wildman–Crippen LogP) is 8.36. The molecule has 10 heterocycles. The number of aryl methyl sites for hydroxylation is 8. The lowest BCUT2D eigenvalue weighted by molar-refractivity contribution is -0.0760. The number of carbonyl (C=O) groups excluding carboxylic acids is 7. The van der Waals surface area contributed by atoms with Gasteiger partial charge >= 0.3 is 5.97 Å². The van der Waals surface area contributed by atoms with E-state index in [1.54, 1.807) is 158 Å². The van der Waals surface area contributed by atoms with Crippen LogP contribution in [0.2, 0.25) is 0 Å². The Bertz CT molecular complexity index is 4420. The maximum absolute atomic E-state index is 12.0. The van der Waals surface area contributed by atoms with E-state index in [1.807, 2.05) is 41.7 Å². The van der Waals surface area contributed by atoms with Gasteiger partial charge in [-0.1, -0.05) is 29.1 Å². The Morgan fingerprint density at radius 1 is 0.542 bits per heavy atom. The summed E-state index contributed by atoms with van der Waals surface area (Å²) in [6, 6.07) is 0. The topological polar surface area (TPSA) is 396 Å². The number of allylic oxidation sites excluding steroid dienone is 2. The number of hydrogen-bond donors (Lipinski definition) is 3. The molecule has 3 N–H and O–H groups in total. The molecule has 107 heavy (non-hydrogen) atoms. The number of Topliss-reactive ketones (excluding diaryl/α,β-unsaturated/α-hetero) is 3. The van der Waals surface area contributed by atoms with E-state index < -0.39 is 28.4 Å². The van der Waals surface area contributed by atoms with Crippen LogP contribution >= 0.6 is 63.7 Å². The SMILES string of the molecule is C=C(C)c1nn(C)cc1C(=O)N(C)OC.C=CC(=O)c1cn(C)nc1C(C)(C)O.CC(=O)c1cn(C)nc1Br.CON(C)C(=O)c1cn(C)nc1Br.CON(C)C(=O)c1cn(C)nc1C(C)(C)O.Cn1cc(C(=O)O)c(Br)n1.Cn1cc2c(n1)C(C)(C)OCC(Br)C2=O.Cn1cc2c(n1)C(C)(C)OCCC2=O. The molecule has 35 nitrogen and oxygen atoms in total. The Hall–Kier alpha value is -8.64. The van der Waals surface area contributed by atoms with E-state index in [0.717, 1.165) is 32.2 Å². The van der Waals surface area contributed by atoms with Crippen LogP contribution in [0.5, 0.6) is 0 Å². The van der Waals surface area contributed by atoms with Gasteiger partial charge < -0.3 is 24.8 Å². The highest BCUT2D eigenvalue weighted by Gasteiger charge is 2.38. The lowest BCUT2D eigenvalue weighted by Gasteiger charge is -2.21. The van der Waals surface area contributed by atoms with Crippen molar-refractivity contribution in [3.8, 4) is 0 Å². The second-order valence-corrected chi connectivity index (χ2v) is 29.2. The van der Waals surface area contributed by atoms with Crippen LogP contribution in [0.25, 0.3) is 5.57 Å². The van der Waals surface area contributed by atoms with Crippen molar-refractivity contribution >= 4 is 116 Å². The van der Waals surface area contributed by atoms with Gasteiger partial charge in [0.05, 0.1) is 73.5 Å². The van der Waals surface area contributed by atoms with Gasteiger partial charge in [-0.05, 0) is 129 Å². The molecule has 39 heteroatoms. The normalized spacial score (nSPS) is 13.9. The number of fused-ring (bicyclic) bond motifs is 2. The van der Waals surface area contributed by atoms with Crippen molar-refractivity contribution in [2.75, 3.05) is 55.7 Å². The second-order valence-electron chi connectivity index (χ2n) is 25.8. The van der Waals surface area contributed by atoms with Crippen LogP contribution in [0.1, 0.15) is 187 Å². The molecule has 0 saturated carbocycles. The molecule has 2 aliphatic rings. The van der Waals surface area contributed by atoms with Crippen molar-refractivity contribution in [3.63, 3.8) is 0 Å². The number of alkyl halides is 1. The van der Waals surface area contributed by atoms with Gasteiger partial charge in [-0.2, -0.15) is 40.8 Å². The summed E-state index contributed by atoms with van der Waals surface area (Å²) >= 11 is 12.7. The summed E-state index contributed by atoms with van der Waals surface area (Å²) < 4.78 is 25.3. The molecule has 586 valence electrons.